The van der Waals surface area contributed by atoms with Crippen LogP contribution in [0.25, 0.3) is 10.2 Å². The number of hydrogen-bond acceptors (Lipinski definition) is 6. The third kappa shape index (κ3) is 2.57. The number of para-hydroxylation sites is 1. The van der Waals surface area contributed by atoms with E-state index in [0.29, 0.717) is 17.1 Å². The van der Waals surface area contributed by atoms with Crippen molar-refractivity contribution >= 4 is 39.0 Å². The lowest BCUT2D eigenvalue weighted by molar-refractivity contribution is 0.0602. The Hall–Kier alpha value is -2.47. The number of rotatable bonds is 3. The Morgan fingerprint density at radius 3 is 2.90 bits per heavy atom. The number of carbonyl (C=O) groups is 1. The second-order valence-electron chi connectivity index (χ2n) is 4.46. The predicted molar refractivity (Wildman–Crippen MR) is 83.2 cm³/mol. The summed E-state index contributed by atoms with van der Waals surface area (Å²) in [6, 6.07) is 9.21. The molecule has 0 atom stereocenters. The Kier molecular flexibility index (Phi) is 3.53. The molecule has 2 heterocycles. The first-order valence-corrected chi connectivity index (χ1v) is 7.16. The highest BCUT2D eigenvalue weighted by Gasteiger charge is 2.13. The van der Waals surface area contributed by atoms with Crippen LogP contribution < -0.4 is 5.32 Å². The molecule has 1 N–H and O–H groups in total. The van der Waals surface area contributed by atoms with Gasteiger partial charge in [0.05, 0.1) is 23.7 Å². The van der Waals surface area contributed by atoms with E-state index in [2.05, 4.69) is 15.3 Å². The normalized spacial score (nSPS) is 10.6. The summed E-state index contributed by atoms with van der Waals surface area (Å²) >= 11 is 1.61. The average molecular weight is 299 g/mol. The summed E-state index contributed by atoms with van der Waals surface area (Å²) < 4.78 is 4.80. The number of methoxy groups -OCH3 is 1. The quantitative estimate of drug-likeness (QED) is 0.749. The zero-order valence-electron chi connectivity index (χ0n) is 11.6. The highest BCUT2D eigenvalue weighted by atomic mass is 32.1. The van der Waals surface area contributed by atoms with Crippen LogP contribution in [0.3, 0.4) is 0 Å². The number of anilines is 2. The van der Waals surface area contributed by atoms with E-state index >= 15 is 0 Å². The largest absolute Gasteiger partial charge is 0.465 e. The molecule has 0 aliphatic heterocycles. The van der Waals surface area contributed by atoms with Crippen molar-refractivity contribution < 1.29 is 9.53 Å². The van der Waals surface area contributed by atoms with E-state index in [4.69, 9.17) is 4.74 Å². The van der Waals surface area contributed by atoms with Gasteiger partial charge in [-0.25, -0.2) is 14.8 Å². The summed E-state index contributed by atoms with van der Waals surface area (Å²) in [4.78, 5) is 22.4. The minimum absolute atomic E-state index is 0.384. The van der Waals surface area contributed by atoms with Crippen molar-refractivity contribution in [2.45, 2.75) is 6.92 Å². The highest BCUT2D eigenvalue weighted by molar-refractivity contribution is 7.18. The summed E-state index contributed by atoms with van der Waals surface area (Å²) in [6.07, 6.45) is 1.52. The number of thiophene rings is 1. The Morgan fingerprint density at radius 1 is 1.29 bits per heavy atom. The number of carbonyl (C=O) groups excluding carboxylic acids is 1. The van der Waals surface area contributed by atoms with Crippen molar-refractivity contribution in [3.05, 3.63) is 47.1 Å². The molecule has 2 aromatic heterocycles. The van der Waals surface area contributed by atoms with Gasteiger partial charge in [0.25, 0.3) is 0 Å². The molecule has 0 saturated heterocycles. The maximum atomic E-state index is 11.8. The molecule has 21 heavy (non-hydrogen) atoms. The van der Waals surface area contributed by atoms with Gasteiger partial charge in [0.15, 0.2) is 0 Å². The molecule has 6 heteroatoms. The first-order valence-electron chi connectivity index (χ1n) is 6.34. The molecule has 3 aromatic rings. The molecule has 3 rings (SSSR count). The summed E-state index contributed by atoms with van der Waals surface area (Å²) in [5.74, 6) is 0.297. The van der Waals surface area contributed by atoms with E-state index in [1.54, 1.807) is 23.5 Å². The number of ether oxygens (including phenoxy) is 1. The van der Waals surface area contributed by atoms with Gasteiger partial charge in [0, 0.05) is 4.88 Å². The number of benzene rings is 1. The lowest BCUT2D eigenvalue weighted by Gasteiger charge is -2.10. The number of fused-ring (bicyclic) bond motifs is 1. The number of hydrogen-bond donors (Lipinski definition) is 1. The van der Waals surface area contributed by atoms with Crippen LogP contribution in [0.15, 0.2) is 36.7 Å². The van der Waals surface area contributed by atoms with Crippen LogP contribution in [-0.2, 0) is 4.74 Å². The summed E-state index contributed by atoms with van der Waals surface area (Å²) in [5.41, 5.74) is 1.13. The zero-order valence-corrected chi connectivity index (χ0v) is 12.4. The topological polar surface area (TPSA) is 64.1 Å². The SMILES string of the molecule is COC(=O)c1ccccc1Nc1ncnc2sc(C)cc12. The number of nitrogens with zero attached hydrogens (tertiary/aromatic N) is 2. The molecule has 0 spiro atoms. The van der Waals surface area contributed by atoms with Crippen LogP contribution in [0, 0.1) is 6.92 Å². The van der Waals surface area contributed by atoms with Crippen molar-refractivity contribution in [2.24, 2.45) is 0 Å². The van der Waals surface area contributed by atoms with Gasteiger partial charge in [0.1, 0.15) is 17.0 Å². The van der Waals surface area contributed by atoms with Gasteiger partial charge in [-0.3, -0.25) is 0 Å². The van der Waals surface area contributed by atoms with Gasteiger partial charge in [0.2, 0.25) is 0 Å². The van der Waals surface area contributed by atoms with Crippen LogP contribution in [0.4, 0.5) is 11.5 Å². The molecule has 0 radical (unpaired) electrons. The van der Waals surface area contributed by atoms with Gasteiger partial charge < -0.3 is 10.1 Å². The van der Waals surface area contributed by atoms with Crippen molar-refractivity contribution in [3.8, 4) is 0 Å². The first-order chi connectivity index (χ1) is 10.2. The van der Waals surface area contributed by atoms with E-state index in [1.807, 2.05) is 25.1 Å². The van der Waals surface area contributed by atoms with E-state index < -0.39 is 0 Å². The van der Waals surface area contributed by atoms with Crippen molar-refractivity contribution in [1.29, 1.82) is 0 Å². The molecule has 0 amide bonds. The molecule has 1 aromatic carbocycles. The van der Waals surface area contributed by atoms with E-state index in [1.165, 1.54) is 13.4 Å². The van der Waals surface area contributed by atoms with Gasteiger partial charge in [-0.15, -0.1) is 11.3 Å². The maximum Gasteiger partial charge on any atom is 0.339 e. The van der Waals surface area contributed by atoms with Crippen molar-refractivity contribution in [2.75, 3.05) is 12.4 Å². The fourth-order valence-electron chi connectivity index (χ4n) is 2.08. The summed E-state index contributed by atoms with van der Waals surface area (Å²) in [7, 11) is 1.37. The minimum atomic E-state index is -0.384. The third-order valence-corrected chi connectivity index (χ3v) is 4.00. The molecule has 0 aliphatic rings. The molecule has 0 bridgehead atoms. The number of nitrogens with one attached hydrogen (secondary N) is 1. The lowest BCUT2D eigenvalue weighted by atomic mass is 10.1. The van der Waals surface area contributed by atoms with Gasteiger partial charge in [-0.2, -0.15) is 0 Å². The van der Waals surface area contributed by atoms with Gasteiger partial charge in [-0.05, 0) is 25.1 Å². The summed E-state index contributed by atoms with van der Waals surface area (Å²) in [6.45, 7) is 2.03. The number of aryl methyl sites for hydroxylation is 1. The first kappa shape index (κ1) is 13.5. The van der Waals surface area contributed by atoms with Crippen molar-refractivity contribution in [1.82, 2.24) is 9.97 Å². The van der Waals surface area contributed by atoms with Gasteiger partial charge >= 0.3 is 5.97 Å². The second-order valence-corrected chi connectivity index (χ2v) is 5.70. The lowest BCUT2D eigenvalue weighted by Crippen LogP contribution is -2.06. The smallest absolute Gasteiger partial charge is 0.339 e. The Morgan fingerprint density at radius 2 is 2.10 bits per heavy atom. The molecular weight excluding hydrogens is 286 g/mol. The van der Waals surface area contributed by atoms with Crippen molar-refractivity contribution in [3.63, 3.8) is 0 Å². The molecule has 0 saturated carbocycles. The highest BCUT2D eigenvalue weighted by Crippen LogP contribution is 2.30. The molecule has 0 unspecified atom stereocenters. The van der Waals surface area contributed by atoms with Gasteiger partial charge in [-0.1, -0.05) is 12.1 Å². The third-order valence-electron chi connectivity index (χ3n) is 3.04. The molecule has 0 fully saturated rings. The molecule has 5 nitrogen and oxygen atoms in total. The summed E-state index contributed by atoms with van der Waals surface area (Å²) in [5, 5.41) is 4.14. The Bertz CT molecular complexity index is 814. The van der Waals surface area contributed by atoms with Crippen LogP contribution in [0.5, 0.6) is 0 Å². The maximum absolute atomic E-state index is 11.8. The fraction of sp³-hybridized carbons (Fsp3) is 0.133. The molecule has 106 valence electrons. The second kappa shape index (κ2) is 5.49. The fourth-order valence-corrected chi connectivity index (χ4v) is 2.93. The number of aromatic nitrogens is 2. The predicted octanol–water partition coefficient (Wildman–Crippen LogP) is 3.53. The van der Waals surface area contributed by atoms with Crippen LogP contribution >= 0.6 is 11.3 Å². The van der Waals surface area contributed by atoms with Crippen LogP contribution in [-0.4, -0.2) is 23.0 Å². The average Bonchev–Trinajstić information content (AvgIpc) is 2.88. The number of esters is 1. The monoisotopic (exact) mass is 299 g/mol. The zero-order chi connectivity index (χ0) is 14.8. The van der Waals surface area contributed by atoms with Crippen LogP contribution in [0.2, 0.25) is 0 Å². The van der Waals surface area contributed by atoms with E-state index in [9.17, 15) is 4.79 Å². The minimum Gasteiger partial charge on any atom is -0.465 e. The molecule has 0 aliphatic carbocycles. The Labute approximate surface area is 125 Å². The molecular formula is C15H13N3O2S. The standard InChI is InChI=1S/C15H13N3O2S/c1-9-7-11-13(16-8-17-14(11)21-9)18-12-6-4-3-5-10(12)15(19)20-2/h3-8H,1-2H3,(H,16,17,18). The van der Waals surface area contributed by atoms with E-state index in [0.717, 1.165) is 15.1 Å². The van der Waals surface area contributed by atoms with Crippen LogP contribution in [0.1, 0.15) is 15.2 Å². The van der Waals surface area contributed by atoms with E-state index in [-0.39, 0.29) is 5.97 Å². The Balaban J connectivity index is 2.05.